The fourth-order valence-corrected chi connectivity index (χ4v) is 2.69. The first kappa shape index (κ1) is 12.5. The molecule has 0 unspecified atom stereocenters. The Balaban J connectivity index is 1.55. The zero-order valence-corrected chi connectivity index (χ0v) is 11.2. The topological polar surface area (TPSA) is 42.1 Å². The molecule has 0 aliphatic carbocycles. The number of amides is 1. The maximum absolute atomic E-state index is 12.1. The van der Waals surface area contributed by atoms with Crippen molar-refractivity contribution in [3.63, 3.8) is 0 Å². The van der Waals surface area contributed by atoms with E-state index in [1.165, 1.54) is 0 Å². The predicted octanol–water partition coefficient (Wildman–Crippen LogP) is 2.58. The number of rotatable bonds is 2. The van der Waals surface area contributed by atoms with Gasteiger partial charge < -0.3 is 14.4 Å². The van der Waals surface area contributed by atoms with Crippen LogP contribution in [0.2, 0.25) is 0 Å². The van der Waals surface area contributed by atoms with E-state index in [-0.39, 0.29) is 11.7 Å². The molecular formula is C15H19NO3. The number of carbonyl (C=O) groups excluding carboxylic acids is 1. The third-order valence-electron chi connectivity index (χ3n) is 3.90. The number of likely N-dealkylation sites (tertiary alicyclic amines) is 1. The van der Waals surface area contributed by atoms with Crippen LogP contribution in [0.3, 0.4) is 0 Å². The summed E-state index contributed by atoms with van der Waals surface area (Å²) < 4.78 is 11.0. The number of hydrogen-bond donors (Lipinski definition) is 0. The molecule has 19 heavy (non-hydrogen) atoms. The summed E-state index contributed by atoms with van der Waals surface area (Å²) in [4.78, 5) is 13.9. The van der Waals surface area contributed by atoms with E-state index in [0.717, 1.165) is 24.9 Å². The number of carbonyl (C=O) groups is 1. The lowest BCUT2D eigenvalue weighted by Crippen LogP contribution is -2.38. The zero-order valence-electron chi connectivity index (χ0n) is 11.2. The maximum Gasteiger partial charge on any atom is 0.410 e. The molecule has 2 aliphatic heterocycles. The molecule has 3 rings (SSSR count). The van der Waals surface area contributed by atoms with Crippen molar-refractivity contribution in [2.45, 2.75) is 38.1 Å². The number of epoxide rings is 1. The average molecular weight is 261 g/mol. The van der Waals surface area contributed by atoms with Gasteiger partial charge >= 0.3 is 6.09 Å². The standard InChI is InChI=1S/C15H19NO3/c1-15-11-16(9-5-8-13(15)19-15)14(17)18-10-12-6-3-2-4-7-12/h2-4,6-7,13H,5,8-11H2,1H3/t13-,15-/m0/s1. The fraction of sp³-hybridized carbons (Fsp3) is 0.533. The maximum atomic E-state index is 12.1. The van der Waals surface area contributed by atoms with E-state index < -0.39 is 0 Å². The predicted molar refractivity (Wildman–Crippen MR) is 70.7 cm³/mol. The summed E-state index contributed by atoms with van der Waals surface area (Å²) in [6.45, 7) is 3.81. The normalized spacial score (nSPS) is 29.3. The average Bonchev–Trinajstić information content (AvgIpc) is 3.08. The molecule has 4 heteroatoms. The highest BCUT2D eigenvalue weighted by molar-refractivity contribution is 5.68. The number of fused-ring (bicyclic) bond motifs is 1. The van der Waals surface area contributed by atoms with Crippen LogP contribution < -0.4 is 0 Å². The number of ether oxygens (including phenoxy) is 2. The Bertz CT molecular complexity index is 462. The lowest BCUT2D eigenvalue weighted by Gasteiger charge is -2.22. The van der Waals surface area contributed by atoms with Crippen LogP contribution >= 0.6 is 0 Å². The molecule has 1 aromatic carbocycles. The second-order valence-electron chi connectivity index (χ2n) is 5.52. The molecular weight excluding hydrogens is 242 g/mol. The Kier molecular flexibility index (Phi) is 3.19. The summed E-state index contributed by atoms with van der Waals surface area (Å²) in [7, 11) is 0. The van der Waals surface area contributed by atoms with Crippen molar-refractivity contribution in [2.24, 2.45) is 0 Å². The van der Waals surface area contributed by atoms with Crippen LogP contribution in [0.15, 0.2) is 30.3 Å². The Hall–Kier alpha value is -1.55. The summed E-state index contributed by atoms with van der Waals surface area (Å²) in [6, 6.07) is 9.75. The van der Waals surface area contributed by atoms with E-state index in [1.54, 1.807) is 4.90 Å². The second-order valence-corrected chi connectivity index (χ2v) is 5.52. The minimum absolute atomic E-state index is 0.137. The van der Waals surface area contributed by atoms with Crippen molar-refractivity contribution in [2.75, 3.05) is 13.1 Å². The first-order valence-electron chi connectivity index (χ1n) is 6.81. The van der Waals surface area contributed by atoms with Crippen molar-refractivity contribution in [1.29, 1.82) is 0 Å². The lowest BCUT2D eigenvalue weighted by molar-refractivity contribution is 0.0859. The van der Waals surface area contributed by atoms with Gasteiger partial charge in [0.25, 0.3) is 0 Å². The van der Waals surface area contributed by atoms with E-state index in [2.05, 4.69) is 6.92 Å². The molecule has 0 spiro atoms. The minimum Gasteiger partial charge on any atom is -0.445 e. The first-order valence-corrected chi connectivity index (χ1v) is 6.81. The summed E-state index contributed by atoms with van der Waals surface area (Å²) in [6.07, 6.45) is 2.13. The molecule has 1 amide bonds. The van der Waals surface area contributed by atoms with Gasteiger partial charge in [0.1, 0.15) is 12.2 Å². The smallest absolute Gasteiger partial charge is 0.410 e. The number of hydrogen-bond acceptors (Lipinski definition) is 3. The fourth-order valence-electron chi connectivity index (χ4n) is 2.69. The molecule has 0 radical (unpaired) electrons. The van der Waals surface area contributed by atoms with E-state index in [1.807, 2.05) is 30.3 Å². The van der Waals surface area contributed by atoms with Gasteiger partial charge in [-0.3, -0.25) is 0 Å². The van der Waals surface area contributed by atoms with Crippen LogP contribution in [0.5, 0.6) is 0 Å². The minimum atomic E-state index is -0.235. The third kappa shape index (κ3) is 2.73. The molecule has 2 saturated heterocycles. The molecule has 1 aromatic rings. The van der Waals surface area contributed by atoms with Gasteiger partial charge in [-0.05, 0) is 25.3 Å². The van der Waals surface area contributed by atoms with Gasteiger partial charge in [0.05, 0.1) is 12.6 Å². The van der Waals surface area contributed by atoms with Gasteiger partial charge in [0.15, 0.2) is 0 Å². The summed E-state index contributed by atoms with van der Waals surface area (Å²) in [5.41, 5.74) is 0.875. The molecule has 102 valence electrons. The van der Waals surface area contributed by atoms with Crippen LogP contribution in [0.25, 0.3) is 0 Å². The van der Waals surface area contributed by atoms with Crippen LogP contribution in [0, 0.1) is 0 Å². The Morgan fingerprint density at radius 1 is 1.47 bits per heavy atom. The number of benzene rings is 1. The van der Waals surface area contributed by atoms with E-state index >= 15 is 0 Å². The summed E-state index contributed by atoms with van der Waals surface area (Å²) in [5.74, 6) is 0. The van der Waals surface area contributed by atoms with Crippen LogP contribution in [-0.4, -0.2) is 35.8 Å². The van der Waals surface area contributed by atoms with Gasteiger partial charge in [-0.15, -0.1) is 0 Å². The lowest BCUT2D eigenvalue weighted by atomic mass is 10.1. The molecule has 0 N–H and O–H groups in total. The molecule has 0 bridgehead atoms. The summed E-state index contributed by atoms with van der Waals surface area (Å²) in [5, 5.41) is 0. The molecule has 2 aliphatic rings. The van der Waals surface area contributed by atoms with Crippen LogP contribution in [0.4, 0.5) is 4.79 Å². The van der Waals surface area contributed by atoms with Crippen molar-refractivity contribution in [3.8, 4) is 0 Å². The number of nitrogens with zero attached hydrogens (tertiary/aromatic N) is 1. The molecule has 0 saturated carbocycles. The SMILES string of the molecule is C[C@]12CN(C(=O)OCc3ccccc3)CCC[C@@H]1O2. The largest absolute Gasteiger partial charge is 0.445 e. The monoisotopic (exact) mass is 261 g/mol. The van der Waals surface area contributed by atoms with Crippen LogP contribution in [0.1, 0.15) is 25.3 Å². The molecule has 0 aromatic heterocycles. The molecule has 2 atom stereocenters. The highest BCUT2D eigenvalue weighted by Gasteiger charge is 2.54. The van der Waals surface area contributed by atoms with Gasteiger partial charge in [-0.25, -0.2) is 4.79 Å². The second kappa shape index (κ2) is 4.85. The molecule has 4 nitrogen and oxygen atoms in total. The Morgan fingerprint density at radius 3 is 3.05 bits per heavy atom. The van der Waals surface area contributed by atoms with Crippen LogP contribution in [-0.2, 0) is 16.1 Å². The van der Waals surface area contributed by atoms with E-state index in [4.69, 9.17) is 9.47 Å². The highest BCUT2D eigenvalue weighted by atomic mass is 16.6. The van der Waals surface area contributed by atoms with Gasteiger partial charge in [0, 0.05) is 6.54 Å². The van der Waals surface area contributed by atoms with Crippen molar-refractivity contribution < 1.29 is 14.3 Å². The van der Waals surface area contributed by atoms with Gasteiger partial charge in [-0.2, -0.15) is 0 Å². The Labute approximate surface area is 113 Å². The quantitative estimate of drug-likeness (QED) is 0.768. The van der Waals surface area contributed by atoms with E-state index in [0.29, 0.717) is 19.3 Å². The molecule has 2 heterocycles. The third-order valence-corrected chi connectivity index (χ3v) is 3.90. The van der Waals surface area contributed by atoms with Gasteiger partial charge in [-0.1, -0.05) is 30.3 Å². The zero-order chi connectivity index (χ0) is 13.3. The Morgan fingerprint density at radius 2 is 2.26 bits per heavy atom. The molecule has 2 fully saturated rings. The van der Waals surface area contributed by atoms with Crippen molar-refractivity contribution in [1.82, 2.24) is 4.90 Å². The van der Waals surface area contributed by atoms with Crippen molar-refractivity contribution >= 4 is 6.09 Å². The van der Waals surface area contributed by atoms with E-state index in [9.17, 15) is 4.79 Å². The van der Waals surface area contributed by atoms with Gasteiger partial charge in [0.2, 0.25) is 0 Å². The van der Waals surface area contributed by atoms with Crippen molar-refractivity contribution in [3.05, 3.63) is 35.9 Å². The first-order chi connectivity index (χ1) is 9.17. The summed E-state index contributed by atoms with van der Waals surface area (Å²) >= 11 is 0. The highest BCUT2D eigenvalue weighted by Crippen LogP contribution is 2.41.